The Hall–Kier alpha value is -2.34. The number of amides is 3. The topological polar surface area (TPSA) is 70.1 Å². The van der Waals surface area contributed by atoms with Gasteiger partial charge in [-0.3, -0.25) is 14.5 Å². The SMILES string of the molecule is CON(C)C(=O)N1C(=O)C(=Cc2cc(C(C)(C)C)c(O)c(C(C)(C)C)c2)CC1(C)C. The van der Waals surface area contributed by atoms with Crippen molar-refractivity contribution in [2.45, 2.75) is 78.2 Å². The highest BCUT2D eigenvalue weighted by atomic mass is 16.7. The maximum absolute atomic E-state index is 13.1. The predicted octanol–water partition coefficient (Wildman–Crippen LogP) is 4.99. The number of phenols is 1. The third kappa shape index (κ3) is 4.53. The Morgan fingerprint density at radius 2 is 1.60 bits per heavy atom. The molecular formula is C24H36N2O4. The number of carbonyl (C=O) groups excluding carboxylic acids is 2. The van der Waals surface area contributed by atoms with Gasteiger partial charge in [-0.25, -0.2) is 9.86 Å². The average Bonchev–Trinajstić information content (AvgIpc) is 2.81. The van der Waals surface area contributed by atoms with Crippen LogP contribution in [0.15, 0.2) is 17.7 Å². The lowest BCUT2D eigenvalue weighted by molar-refractivity contribution is -0.130. The van der Waals surface area contributed by atoms with Crippen LogP contribution in [0.3, 0.4) is 0 Å². The summed E-state index contributed by atoms with van der Waals surface area (Å²) in [5.41, 5.74) is 1.88. The zero-order valence-electron chi connectivity index (χ0n) is 20.0. The first kappa shape index (κ1) is 23.9. The minimum Gasteiger partial charge on any atom is -0.507 e. The average molecular weight is 417 g/mol. The zero-order valence-corrected chi connectivity index (χ0v) is 20.0. The van der Waals surface area contributed by atoms with Gasteiger partial charge in [-0.1, -0.05) is 41.5 Å². The largest absolute Gasteiger partial charge is 0.507 e. The van der Waals surface area contributed by atoms with Crippen molar-refractivity contribution in [1.82, 2.24) is 9.96 Å². The quantitative estimate of drug-likeness (QED) is 0.544. The number of aromatic hydroxyl groups is 1. The minimum atomic E-state index is -0.663. The molecule has 0 atom stereocenters. The molecule has 166 valence electrons. The molecular weight excluding hydrogens is 380 g/mol. The fourth-order valence-corrected chi connectivity index (χ4v) is 3.80. The first-order valence-corrected chi connectivity index (χ1v) is 10.3. The molecule has 1 fully saturated rings. The highest BCUT2D eigenvalue weighted by molar-refractivity contribution is 6.09. The van der Waals surface area contributed by atoms with Crippen LogP contribution >= 0.6 is 0 Å². The molecule has 0 saturated carbocycles. The number of hydrogen-bond acceptors (Lipinski definition) is 4. The van der Waals surface area contributed by atoms with Gasteiger partial charge in [0.2, 0.25) is 0 Å². The number of carbonyl (C=O) groups is 2. The molecule has 0 radical (unpaired) electrons. The van der Waals surface area contributed by atoms with Crippen molar-refractivity contribution in [3.8, 4) is 5.75 Å². The number of hydroxylamine groups is 2. The molecule has 1 aliphatic rings. The molecule has 0 unspecified atom stereocenters. The molecule has 1 aliphatic heterocycles. The number of benzene rings is 1. The molecule has 3 amide bonds. The molecule has 1 saturated heterocycles. The van der Waals surface area contributed by atoms with E-state index in [1.54, 1.807) is 0 Å². The molecule has 6 heteroatoms. The summed E-state index contributed by atoms with van der Waals surface area (Å²) < 4.78 is 0. The third-order valence-electron chi connectivity index (χ3n) is 5.53. The van der Waals surface area contributed by atoms with E-state index in [0.29, 0.717) is 17.7 Å². The van der Waals surface area contributed by atoms with E-state index in [4.69, 9.17) is 4.84 Å². The molecule has 30 heavy (non-hydrogen) atoms. The first-order valence-electron chi connectivity index (χ1n) is 10.3. The van der Waals surface area contributed by atoms with Gasteiger partial charge < -0.3 is 5.11 Å². The summed E-state index contributed by atoms with van der Waals surface area (Å²) >= 11 is 0. The van der Waals surface area contributed by atoms with Crippen LogP contribution in [-0.2, 0) is 20.5 Å². The number of likely N-dealkylation sites (tertiary alicyclic amines) is 1. The van der Waals surface area contributed by atoms with E-state index in [9.17, 15) is 14.7 Å². The van der Waals surface area contributed by atoms with E-state index >= 15 is 0 Å². The summed E-state index contributed by atoms with van der Waals surface area (Å²) in [6, 6.07) is 3.38. The molecule has 0 aliphatic carbocycles. The molecule has 1 aromatic carbocycles. The molecule has 0 spiro atoms. The van der Waals surface area contributed by atoms with Crippen LogP contribution < -0.4 is 0 Å². The van der Waals surface area contributed by atoms with Crippen LogP contribution in [0.2, 0.25) is 0 Å². The van der Waals surface area contributed by atoms with E-state index in [2.05, 4.69) is 41.5 Å². The van der Waals surface area contributed by atoms with Crippen molar-refractivity contribution >= 4 is 18.0 Å². The van der Waals surface area contributed by atoms with Crippen LogP contribution in [0.1, 0.15) is 78.5 Å². The van der Waals surface area contributed by atoms with Gasteiger partial charge in [-0.2, -0.15) is 0 Å². The first-order chi connectivity index (χ1) is 13.5. The Bertz CT molecular complexity index is 850. The van der Waals surface area contributed by atoms with Crippen LogP contribution in [0.4, 0.5) is 4.79 Å². The summed E-state index contributed by atoms with van der Waals surface area (Å²) in [6.07, 6.45) is 2.28. The zero-order chi connectivity index (χ0) is 23.2. The summed E-state index contributed by atoms with van der Waals surface area (Å²) in [5.74, 6) is -0.0228. The van der Waals surface area contributed by atoms with Crippen molar-refractivity contribution in [3.63, 3.8) is 0 Å². The molecule has 6 nitrogen and oxygen atoms in total. The number of phenolic OH excluding ortho intramolecular Hbond substituents is 1. The predicted molar refractivity (Wildman–Crippen MR) is 119 cm³/mol. The summed E-state index contributed by atoms with van der Waals surface area (Å²) in [5, 5.41) is 12.0. The van der Waals surface area contributed by atoms with Gasteiger partial charge in [0.05, 0.1) is 12.6 Å². The molecule has 1 N–H and O–H groups in total. The van der Waals surface area contributed by atoms with Crippen LogP contribution in [-0.4, -0.2) is 46.7 Å². The van der Waals surface area contributed by atoms with Crippen LogP contribution in [0.25, 0.3) is 6.08 Å². The molecule has 1 aromatic rings. The highest BCUT2D eigenvalue weighted by Gasteiger charge is 2.46. The van der Waals surface area contributed by atoms with Gasteiger partial charge in [-0.15, -0.1) is 0 Å². The lowest BCUT2D eigenvalue weighted by Crippen LogP contribution is -2.50. The third-order valence-corrected chi connectivity index (χ3v) is 5.53. The maximum atomic E-state index is 13.1. The van der Waals surface area contributed by atoms with E-state index in [0.717, 1.165) is 21.8 Å². The Kier molecular flexibility index (Phi) is 6.17. The number of imide groups is 1. The number of nitrogens with zero attached hydrogens (tertiary/aromatic N) is 2. The Morgan fingerprint density at radius 1 is 1.13 bits per heavy atom. The summed E-state index contributed by atoms with van der Waals surface area (Å²) in [7, 11) is 2.87. The standard InChI is InChI=1S/C24H36N2O4/c1-22(2,3)17-12-15(13-18(19(17)27)23(4,5)6)11-16-14-24(7,8)26(20(16)28)21(29)25(9)30-10/h11-13,27H,14H2,1-10H3. The number of urea groups is 1. The monoisotopic (exact) mass is 416 g/mol. The fraction of sp³-hybridized carbons (Fsp3) is 0.583. The summed E-state index contributed by atoms with van der Waals surface area (Å²) in [6.45, 7) is 16.0. The lowest BCUT2D eigenvalue weighted by Gasteiger charge is -2.31. The summed E-state index contributed by atoms with van der Waals surface area (Å²) in [4.78, 5) is 32.0. The molecule has 0 aromatic heterocycles. The Labute approximate surface area is 180 Å². The fourth-order valence-electron chi connectivity index (χ4n) is 3.80. The normalized spacial score (nSPS) is 18.3. The van der Waals surface area contributed by atoms with Gasteiger partial charge in [0.1, 0.15) is 5.75 Å². The molecule has 0 bridgehead atoms. The second-order valence-corrected chi connectivity index (χ2v) is 10.7. The smallest absolute Gasteiger partial charge is 0.351 e. The van der Waals surface area contributed by atoms with Crippen LogP contribution in [0, 0.1) is 0 Å². The van der Waals surface area contributed by atoms with Gasteiger partial charge in [0.25, 0.3) is 5.91 Å². The van der Waals surface area contributed by atoms with E-state index < -0.39 is 11.6 Å². The van der Waals surface area contributed by atoms with Crippen molar-refractivity contribution in [2.75, 3.05) is 14.2 Å². The van der Waals surface area contributed by atoms with Crippen LogP contribution in [0.5, 0.6) is 5.75 Å². The van der Waals surface area contributed by atoms with E-state index in [1.807, 2.05) is 32.1 Å². The Balaban J connectivity index is 2.60. The van der Waals surface area contributed by atoms with E-state index in [1.165, 1.54) is 19.1 Å². The lowest BCUT2D eigenvalue weighted by atomic mass is 9.78. The Morgan fingerprint density at radius 3 is 2.00 bits per heavy atom. The number of rotatable bonds is 2. The van der Waals surface area contributed by atoms with Gasteiger partial charge in [0, 0.05) is 30.2 Å². The maximum Gasteiger partial charge on any atom is 0.351 e. The van der Waals surface area contributed by atoms with Gasteiger partial charge in [-0.05, 0) is 48.4 Å². The molecule has 1 heterocycles. The molecule has 2 rings (SSSR count). The second-order valence-electron chi connectivity index (χ2n) is 10.7. The second kappa shape index (κ2) is 7.73. The van der Waals surface area contributed by atoms with Gasteiger partial charge >= 0.3 is 6.03 Å². The van der Waals surface area contributed by atoms with Gasteiger partial charge in [0.15, 0.2) is 0 Å². The van der Waals surface area contributed by atoms with Crippen molar-refractivity contribution < 1.29 is 19.5 Å². The van der Waals surface area contributed by atoms with Crippen molar-refractivity contribution in [2.24, 2.45) is 0 Å². The van der Waals surface area contributed by atoms with E-state index in [-0.39, 0.29) is 16.7 Å². The van der Waals surface area contributed by atoms with Crippen molar-refractivity contribution in [1.29, 1.82) is 0 Å². The van der Waals surface area contributed by atoms with Crippen molar-refractivity contribution in [3.05, 3.63) is 34.4 Å². The highest BCUT2D eigenvalue weighted by Crippen LogP contribution is 2.41. The number of hydrogen-bond donors (Lipinski definition) is 1. The minimum absolute atomic E-state index is 0.263.